The van der Waals surface area contributed by atoms with Crippen molar-refractivity contribution in [2.24, 2.45) is 5.92 Å². The summed E-state index contributed by atoms with van der Waals surface area (Å²) in [6, 6.07) is 8.79. The minimum atomic E-state index is 0.383. The zero-order valence-electron chi connectivity index (χ0n) is 12.9. The van der Waals surface area contributed by atoms with Crippen LogP contribution in [0.15, 0.2) is 24.3 Å². The Morgan fingerprint density at radius 1 is 1.30 bits per heavy atom. The van der Waals surface area contributed by atoms with Crippen LogP contribution in [0.25, 0.3) is 0 Å². The average Bonchev–Trinajstić information content (AvgIpc) is 2.47. The molecule has 0 aliphatic carbocycles. The quantitative estimate of drug-likeness (QED) is 0.849. The molecule has 2 rings (SSSR count). The van der Waals surface area contributed by atoms with Crippen molar-refractivity contribution in [3.63, 3.8) is 0 Å². The molecule has 1 heterocycles. The Kier molecular flexibility index (Phi) is 5.72. The summed E-state index contributed by atoms with van der Waals surface area (Å²) in [5.41, 5.74) is 1.17. The first kappa shape index (κ1) is 15.2. The topological polar surface area (TPSA) is 30.5 Å². The summed E-state index contributed by atoms with van der Waals surface area (Å²) in [4.78, 5) is 0. The number of rotatable bonds is 6. The van der Waals surface area contributed by atoms with Gasteiger partial charge < -0.3 is 14.8 Å². The lowest BCUT2D eigenvalue weighted by atomic mass is 9.95. The maximum absolute atomic E-state index is 5.81. The second-order valence-electron chi connectivity index (χ2n) is 5.89. The lowest BCUT2D eigenvalue weighted by Crippen LogP contribution is -2.36. The van der Waals surface area contributed by atoms with Gasteiger partial charge in [0.25, 0.3) is 0 Å². The first-order valence-corrected chi connectivity index (χ1v) is 7.80. The van der Waals surface area contributed by atoms with Crippen molar-refractivity contribution in [3.05, 3.63) is 24.3 Å². The Morgan fingerprint density at radius 3 is 2.70 bits per heavy atom. The highest BCUT2D eigenvalue weighted by molar-refractivity contribution is 5.47. The fourth-order valence-corrected chi connectivity index (χ4v) is 2.53. The fourth-order valence-electron chi connectivity index (χ4n) is 2.53. The smallest absolute Gasteiger partial charge is 0.119 e. The summed E-state index contributed by atoms with van der Waals surface area (Å²) < 4.78 is 11.4. The molecular weight excluding hydrogens is 250 g/mol. The number of ether oxygens (including phenoxy) is 2. The van der Waals surface area contributed by atoms with Crippen molar-refractivity contribution in [2.45, 2.75) is 52.2 Å². The van der Waals surface area contributed by atoms with Gasteiger partial charge in [-0.2, -0.15) is 0 Å². The highest BCUT2D eigenvalue weighted by Gasteiger charge is 2.24. The molecular formula is C17H27NO2. The molecule has 0 bridgehead atoms. The van der Waals surface area contributed by atoms with Crippen molar-refractivity contribution < 1.29 is 9.47 Å². The Hall–Kier alpha value is -1.22. The molecule has 1 aromatic carbocycles. The summed E-state index contributed by atoms with van der Waals surface area (Å²) >= 11 is 0. The highest BCUT2D eigenvalue weighted by Crippen LogP contribution is 2.24. The summed E-state index contributed by atoms with van der Waals surface area (Å²) in [6.45, 7) is 8.22. The van der Waals surface area contributed by atoms with E-state index in [9.17, 15) is 0 Å². The van der Waals surface area contributed by atoms with Crippen LogP contribution in [0.2, 0.25) is 0 Å². The van der Waals surface area contributed by atoms with Gasteiger partial charge in [0, 0.05) is 18.3 Å². The van der Waals surface area contributed by atoms with Crippen LogP contribution in [-0.2, 0) is 4.74 Å². The van der Waals surface area contributed by atoms with E-state index in [1.807, 2.05) is 12.1 Å². The van der Waals surface area contributed by atoms with E-state index in [-0.39, 0.29) is 0 Å². The fraction of sp³-hybridized carbons (Fsp3) is 0.647. The van der Waals surface area contributed by atoms with Crippen LogP contribution in [0.4, 0.5) is 5.69 Å². The molecule has 3 nitrogen and oxygen atoms in total. The summed E-state index contributed by atoms with van der Waals surface area (Å²) in [5, 5.41) is 3.61. The summed E-state index contributed by atoms with van der Waals surface area (Å²) in [7, 11) is 0. The highest BCUT2D eigenvalue weighted by atomic mass is 16.5. The summed E-state index contributed by atoms with van der Waals surface area (Å²) in [6.07, 6.45) is 3.59. The van der Waals surface area contributed by atoms with Gasteiger partial charge in [-0.25, -0.2) is 0 Å². The molecule has 1 N–H and O–H groups in total. The van der Waals surface area contributed by atoms with Gasteiger partial charge in [-0.15, -0.1) is 0 Å². The van der Waals surface area contributed by atoms with Crippen LogP contribution >= 0.6 is 0 Å². The van der Waals surface area contributed by atoms with Gasteiger partial charge in [0.2, 0.25) is 0 Å². The minimum Gasteiger partial charge on any atom is -0.494 e. The second kappa shape index (κ2) is 7.53. The van der Waals surface area contributed by atoms with E-state index in [0.717, 1.165) is 38.2 Å². The monoisotopic (exact) mass is 277 g/mol. The molecule has 0 amide bonds. The molecule has 1 saturated heterocycles. The molecule has 3 heteroatoms. The molecule has 1 aliphatic heterocycles. The van der Waals surface area contributed by atoms with E-state index in [4.69, 9.17) is 9.47 Å². The van der Waals surface area contributed by atoms with Crippen molar-refractivity contribution in [3.8, 4) is 5.75 Å². The first-order chi connectivity index (χ1) is 9.69. The van der Waals surface area contributed by atoms with Crippen LogP contribution in [-0.4, -0.2) is 25.4 Å². The van der Waals surface area contributed by atoms with Gasteiger partial charge in [-0.1, -0.05) is 20.8 Å². The third-order valence-corrected chi connectivity index (χ3v) is 3.76. The second-order valence-corrected chi connectivity index (χ2v) is 5.89. The number of hydrogen-bond acceptors (Lipinski definition) is 3. The predicted molar refractivity (Wildman–Crippen MR) is 83.5 cm³/mol. The van der Waals surface area contributed by atoms with Crippen LogP contribution in [0.5, 0.6) is 5.75 Å². The van der Waals surface area contributed by atoms with Crippen LogP contribution in [0, 0.1) is 5.92 Å². The van der Waals surface area contributed by atoms with Crippen LogP contribution in [0.1, 0.15) is 40.0 Å². The molecule has 1 fully saturated rings. The zero-order chi connectivity index (χ0) is 14.4. The molecule has 0 spiro atoms. The van der Waals surface area contributed by atoms with E-state index >= 15 is 0 Å². The van der Waals surface area contributed by atoms with Gasteiger partial charge in [0.1, 0.15) is 5.75 Å². The lowest BCUT2D eigenvalue weighted by molar-refractivity contribution is -0.0160. The van der Waals surface area contributed by atoms with E-state index in [1.54, 1.807) is 0 Å². The molecule has 1 aromatic rings. The maximum Gasteiger partial charge on any atom is 0.119 e. The molecule has 0 saturated carbocycles. The van der Waals surface area contributed by atoms with E-state index in [1.165, 1.54) is 5.69 Å². The Labute approximate surface area is 122 Å². The van der Waals surface area contributed by atoms with Gasteiger partial charge in [0.15, 0.2) is 0 Å². The van der Waals surface area contributed by atoms with Crippen molar-refractivity contribution in [1.29, 1.82) is 0 Å². The normalized spacial score (nSPS) is 22.8. The Morgan fingerprint density at radius 2 is 2.05 bits per heavy atom. The average molecular weight is 277 g/mol. The van der Waals surface area contributed by atoms with Crippen molar-refractivity contribution in [2.75, 3.05) is 18.5 Å². The number of benzene rings is 1. The lowest BCUT2D eigenvalue weighted by Gasteiger charge is -2.33. The largest absolute Gasteiger partial charge is 0.494 e. The zero-order valence-corrected chi connectivity index (χ0v) is 12.9. The molecule has 2 unspecified atom stereocenters. The Balaban J connectivity index is 1.86. The molecule has 0 aromatic heterocycles. The third-order valence-electron chi connectivity index (χ3n) is 3.76. The van der Waals surface area contributed by atoms with E-state index in [2.05, 4.69) is 38.2 Å². The Bertz CT molecular complexity index is 388. The van der Waals surface area contributed by atoms with Gasteiger partial charge >= 0.3 is 0 Å². The number of anilines is 1. The van der Waals surface area contributed by atoms with Gasteiger partial charge in [0.05, 0.1) is 12.7 Å². The van der Waals surface area contributed by atoms with E-state index < -0.39 is 0 Å². The number of nitrogens with one attached hydrogen (secondary N) is 1. The molecule has 112 valence electrons. The van der Waals surface area contributed by atoms with Gasteiger partial charge in [-0.05, 0) is 49.4 Å². The summed E-state index contributed by atoms with van der Waals surface area (Å²) in [5.74, 6) is 1.54. The minimum absolute atomic E-state index is 0.383. The van der Waals surface area contributed by atoms with Crippen molar-refractivity contribution >= 4 is 5.69 Å². The molecule has 20 heavy (non-hydrogen) atoms. The van der Waals surface area contributed by atoms with Crippen LogP contribution < -0.4 is 10.1 Å². The predicted octanol–water partition coefficient (Wildman–Crippen LogP) is 4.09. The first-order valence-electron chi connectivity index (χ1n) is 7.80. The molecule has 0 radical (unpaired) electrons. The van der Waals surface area contributed by atoms with Crippen LogP contribution in [0.3, 0.4) is 0 Å². The van der Waals surface area contributed by atoms with E-state index in [0.29, 0.717) is 18.1 Å². The standard InChI is InChI=1S/C17H27NO2/c1-4-10-19-16-7-5-14(6-8-16)18-15-9-11-20-17(12-15)13(2)3/h5-8,13,15,17-18H,4,9-12H2,1-3H3. The SMILES string of the molecule is CCCOc1ccc(NC2CCOC(C(C)C)C2)cc1. The maximum atomic E-state index is 5.81. The number of hydrogen-bond donors (Lipinski definition) is 1. The van der Waals surface area contributed by atoms with Gasteiger partial charge in [-0.3, -0.25) is 0 Å². The van der Waals surface area contributed by atoms with Crippen molar-refractivity contribution in [1.82, 2.24) is 0 Å². The molecule has 1 aliphatic rings. The molecule has 2 atom stereocenters. The third kappa shape index (κ3) is 4.41.